The maximum Gasteiger partial charge on any atom is 0.333 e. The van der Waals surface area contributed by atoms with Gasteiger partial charge in [0.2, 0.25) is 0 Å². The summed E-state index contributed by atoms with van der Waals surface area (Å²) in [5, 5.41) is 11.6. The summed E-state index contributed by atoms with van der Waals surface area (Å²) in [7, 11) is -3.97. The standard InChI is InChI=1S/C23H30N2O5S2/c1-15(16-5-6-16)19-9-7-17-3-2-4-20(17)22(19)24-23(27)25-32(28,29)21-10-8-18(31-21)11-13-30-14-12-26/h7-10,15-16,26H,2-6,11-14H2,1H3,(H2,24,25,27)/t15-/m1/s1. The van der Waals surface area contributed by atoms with Crippen molar-refractivity contribution < 1.29 is 23.1 Å². The van der Waals surface area contributed by atoms with E-state index in [1.807, 2.05) is 0 Å². The van der Waals surface area contributed by atoms with Crippen LogP contribution < -0.4 is 10.0 Å². The number of urea groups is 1. The molecule has 0 bridgehead atoms. The third-order valence-electron chi connectivity index (χ3n) is 6.23. The smallest absolute Gasteiger partial charge is 0.333 e. The van der Waals surface area contributed by atoms with E-state index in [2.05, 4.69) is 29.1 Å². The Morgan fingerprint density at radius 2 is 2.03 bits per heavy atom. The number of aliphatic hydroxyl groups excluding tert-OH is 1. The monoisotopic (exact) mass is 478 g/mol. The second kappa shape index (κ2) is 9.91. The Morgan fingerprint density at radius 3 is 2.78 bits per heavy atom. The van der Waals surface area contributed by atoms with E-state index >= 15 is 0 Å². The van der Waals surface area contributed by atoms with Gasteiger partial charge in [0.05, 0.1) is 19.8 Å². The minimum atomic E-state index is -3.97. The van der Waals surface area contributed by atoms with E-state index in [1.165, 1.54) is 24.5 Å². The van der Waals surface area contributed by atoms with Gasteiger partial charge in [-0.15, -0.1) is 11.3 Å². The van der Waals surface area contributed by atoms with Crippen LogP contribution in [0.5, 0.6) is 0 Å². The lowest BCUT2D eigenvalue weighted by molar-refractivity contribution is 0.0947. The number of hydrogen-bond donors (Lipinski definition) is 3. The fourth-order valence-corrected chi connectivity index (χ4v) is 6.59. The lowest BCUT2D eigenvalue weighted by Crippen LogP contribution is -2.34. The van der Waals surface area contributed by atoms with Crippen molar-refractivity contribution in [3.63, 3.8) is 0 Å². The van der Waals surface area contributed by atoms with Crippen LogP contribution in [-0.4, -0.2) is 39.4 Å². The third kappa shape index (κ3) is 5.33. The number of carbonyl (C=O) groups is 1. The molecule has 7 nitrogen and oxygen atoms in total. The first-order chi connectivity index (χ1) is 15.4. The number of aliphatic hydroxyl groups is 1. The van der Waals surface area contributed by atoms with Crippen LogP contribution in [0.2, 0.25) is 0 Å². The quantitative estimate of drug-likeness (QED) is 0.451. The molecule has 0 spiro atoms. The zero-order chi connectivity index (χ0) is 22.7. The van der Waals surface area contributed by atoms with E-state index in [4.69, 9.17) is 9.84 Å². The van der Waals surface area contributed by atoms with Crippen molar-refractivity contribution in [3.8, 4) is 0 Å². The first kappa shape index (κ1) is 23.2. The number of nitrogens with one attached hydrogen (secondary N) is 2. The van der Waals surface area contributed by atoms with Crippen molar-refractivity contribution in [3.05, 3.63) is 45.8 Å². The average Bonchev–Trinajstić information content (AvgIpc) is 3.29. The first-order valence-corrected chi connectivity index (χ1v) is 13.4. The fraction of sp³-hybridized carbons (Fsp3) is 0.522. The number of amides is 2. The van der Waals surface area contributed by atoms with Gasteiger partial charge in [0.15, 0.2) is 0 Å². The lowest BCUT2D eigenvalue weighted by atomic mass is 9.91. The molecule has 2 aliphatic carbocycles. The highest BCUT2D eigenvalue weighted by molar-refractivity contribution is 7.92. The molecule has 9 heteroatoms. The molecule has 1 aromatic carbocycles. The number of anilines is 1. The van der Waals surface area contributed by atoms with Crippen LogP contribution in [0.3, 0.4) is 0 Å². The van der Waals surface area contributed by atoms with Gasteiger partial charge in [0, 0.05) is 17.0 Å². The zero-order valence-electron chi connectivity index (χ0n) is 18.2. The number of hydrogen-bond acceptors (Lipinski definition) is 6. The van der Waals surface area contributed by atoms with E-state index in [0.29, 0.717) is 24.9 Å². The molecule has 0 saturated heterocycles. The highest BCUT2D eigenvalue weighted by Crippen LogP contribution is 2.46. The number of ether oxygens (including phenoxy) is 1. The normalized spacial score (nSPS) is 16.6. The third-order valence-corrected chi connectivity index (χ3v) is 9.20. The number of sulfonamides is 1. The van der Waals surface area contributed by atoms with Gasteiger partial charge >= 0.3 is 6.03 Å². The molecule has 2 amide bonds. The summed E-state index contributed by atoms with van der Waals surface area (Å²) in [6.07, 6.45) is 5.88. The van der Waals surface area contributed by atoms with Crippen molar-refractivity contribution in [1.82, 2.24) is 4.72 Å². The summed E-state index contributed by atoms with van der Waals surface area (Å²) in [5.74, 6) is 0.966. The molecule has 2 aromatic rings. The number of carbonyl (C=O) groups excluding carboxylic acids is 1. The number of benzene rings is 1. The van der Waals surface area contributed by atoms with Crippen LogP contribution in [0.4, 0.5) is 10.5 Å². The predicted molar refractivity (Wildman–Crippen MR) is 125 cm³/mol. The Hall–Kier alpha value is -1.94. The number of fused-ring (bicyclic) bond motifs is 1. The maximum atomic E-state index is 12.8. The Bertz CT molecular complexity index is 1080. The van der Waals surface area contributed by atoms with Gasteiger partial charge in [0.1, 0.15) is 4.21 Å². The first-order valence-electron chi connectivity index (χ1n) is 11.1. The predicted octanol–water partition coefficient (Wildman–Crippen LogP) is 3.81. The molecule has 1 saturated carbocycles. The van der Waals surface area contributed by atoms with Crippen LogP contribution in [0.25, 0.3) is 0 Å². The van der Waals surface area contributed by atoms with Crippen molar-refractivity contribution in [2.75, 3.05) is 25.1 Å². The van der Waals surface area contributed by atoms with Crippen molar-refractivity contribution in [1.29, 1.82) is 0 Å². The number of aryl methyl sites for hydroxylation is 1. The van der Waals surface area contributed by atoms with Crippen LogP contribution in [0.1, 0.15) is 53.7 Å². The largest absolute Gasteiger partial charge is 0.394 e. The molecular formula is C23H30N2O5S2. The minimum Gasteiger partial charge on any atom is -0.394 e. The molecule has 4 rings (SSSR count). The minimum absolute atomic E-state index is 0.0468. The Morgan fingerprint density at radius 1 is 1.22 bits per heavy atom. The molecule has 1 aromatic heterocycles. The molecular weight excluding hydrogens is 448 g/mol. The maximum absolute atomic E-state index is 12.8. The molecule has 32 heavy (non-hydrogen) atoms. The summed E-state index contributed by atoms with van der Waals surface area (Å²) in [4.78, 5) is 13.6. The molecule has 1 fully saturated rings. The van der Waals surface area contributed by atoms with Gasteiger partial charge in [-0.25, -0.2) is 17.9 Å². The average molecular weight is 479 g/mol. The Kier molecular flexibility index (Phi) is 7.19. The van der Waals surface area contributed by atoms with E-state index in [0.717, 1.165) is 52.3 Å². The van der Waals surface area contributed by atoms with E-state index < -0.39 is 16.1 Å². The van der Waals surface area contributed by atoms with Gasteiger partial charge in [0.25, 0.3) is 10.0 Å². The van der Waals surface area contributed by atoms with Gasteiger partial charge in [-0.05, 0) is 72.8 Å². The van der Waals surface area contributed by atoms with E-state index in [-0.39, 0.29) is 17.4 Å². The van der Waals surface area contributed by atoms with Crippen LogP contribution in [0.15, 0.2) is 28.5 Å². The second-order valence-corrected chi connectivity index (χ2v) is 11.6. The molecule has 1 heterocycles. The topological polar surface area (TPSA) is 105 Å². The van der Waals surface area contributed by atoms with E-state index in [1.54, 1.807) is 6.07 Å². The van der Waals surface area contributed by atoms with Gasteiger partial charge < -0.3 is 15.2 Å². The zero-order valence-corrected chi connectivity index (χ0v) is 19.9. The SMILES string of the molecule is C[C@@H](c1ccc2c(c1NC(=O)NS(=O)(=O)c1ccc(CCOCCO)s1)CCC2)C1CC1. The fourth-order valence-electron chi connectivity index (χ4n) is 4.35. The highest BCUT2D eigenvalue weighted by atomic mass is 32.2. The van der Waals surface area contributed by atoms with Gasteiger partial charge in [-0.2, -0.15) is 0 Å². The molecule has 2 aliphatic rings. The molecule has 174 valence electrons. The van der Waals surface area contributed by atoms with Gasteiger partial charge in [-0.3, -0.25) is 0 Å². The number of rotatable bonds is 10. The lowest BCUT2D eigenvalue weighted by Gasteiger charge is -2.20. The van der Waals surface area contributed by atoms with Crippen LogP contribution in [-0.2, 0) is 34.0 Å². The Balaban J connectivity index is 1.46. The van der Waals surface area contributed by atoms with Crippen molar-refractivity contribution >= 4 is 33.1 Å². The summed E-state index contributed by atoms with van der Waals surface area (Å²) >= 11 is 1.11. The molecule has 1 atom stereocenters. The highest BCUT2D eigenvalue weighted by Gasteiger charge is 2.32. The summed E-state index contributed by atoms with van der Waals surface area (Å²) < 4.78 is 33.0. The Labute approximate surface area is 193 Å². The second-order valence-electron chi connectivity index (χ2n) is 8.51. The summed E-state index contributed by atoms with van der Waals surface area (Å²) in [6, 6.07) is 6.76. The molecule has 3 N–H and O–H groups in total. The summed E-state index contributed by atoms with van der Waals surface area (Å²) in [5.41, 5.74) is 4.27. The van der Waals surface area contributed by atoms with Gasteiger partial charge in [-0.1, -0.05) is 19.1 Å². The summed E-state index contributed by atoms with van der Waals surface area (Å²) in [6.45, 7) is 2.79. The number of thiophene rings is 1. The molecule has 0 unspecified atom stereocenters. The molecule has 0 radical (unpaired) electrons. The van der Waals surface area contributed by atoms with Crippen LogP contribution in [0, 0.1) is 5.92 Å². The van der Waals surface area contributed by atoms with Crippen molar-refractivity contribution in [2.24, 2.45) is 5.92 Å². The molecule has 0 aliphatic heterocycles. The van der Waals surface area contributed by atoms with Crippen molar-refractivity contribution in [2.45, 2.75) is 55.6 Å². The van der Waals surface area contributed by atoms with Crippen LogP contribution >= 0.6 is 11.3 Å². The van der Waals surface area contributed by atoms with E-state index in [9.17, 15) is 13.2 Å².